The molecule has 0 spiro atoms. The summed E-state index contributed by atoms with van der Waals surface area (Å²) in [5.74, 6) is 2.37. The summed E-state index contributed by atoms with van der Waals surface area (Å²) in [6.45, 7) is 7.16. The molecular formula is C25H30N4O2. The molecule has 6 nitrogen and oxygen atoms in total. The van der Waals surface area contributed by atoms with Crippen molar-refractivity contribution >= 4 is 17.6 Å². The zero-order valence-corrected chi connectivity index (χ0v) is 18.2. The molecule has 1 unspecified atom stereocenters. The molecule has 4 rings (SSSR count). The standard InChI is InChI=1S/C25H30N4O2/c1-18(2)12-13-23(31)28-14-16-29(17-15-28)25-19-8-4-3-5-10-21(19)26-24(27-25)20-9-6-7-11-22(20)30/h3-11,18,21,30H,12-17H2,1-2H3. The van der Waals surface area contributed by atoms with Crippen LogP contribution >= 0.6 is 0 Å². The SMILES string of the molecule is CC(C)CCC(=O)N1CCN(C2=NC(c3ccccc3O)=NC3C=CC=CC=C23)CC1. The number of benzene rings is 1. The van der Waals surface area contributed by atoms with Crippen LogP contribution in [0.4, 0.5) is 0 Å². The molecule has 1 aliphatic carbocycles. The van der Waals surface area contributed by atoms with Crippen LogP contribution in [0.5, 0.6) is 5.75 Å². The van der Waals surface area contributed by atoms with E-state index in [1.54, 1.807) is 12.1 Å². The number of amides is 1. The first-order valence-corrected chi connectivity index (χ1v) is 11.1. The maximum Gasteiger partial charge on any atom is 0.222 e. The summed E-state index contributed by atoms with van der Waals surface area (Å²) in [5, 5.41) is 10.3. The van der Waals surface area contributed by atoms with E-state index in [1.165, 1.54) is 0 Å². The average Bonchev–Trinajstić information content (AvgIpc) is 3.03. The number of amidine groups is 2. The first kappa shape index (κ1) is 21.1. The lowest BCUT2D eigenvalue weighted by molar-refractivity contribution is -0.132. The zero-order valence-electron chi connectivity index (χ0n) is 18.2. The van der Waals surface area contributed by atoms with Crippen molar-refractivity contribution in [2.24, 2.45) is 15.9 Å². The predicted octanol–water partition coefficient (Wildman–Crippen LogP) is 3.55. The largest absolute Gasteiger partial charge is 0.507 e. The van der Waals surface area contributed by atoms with Gasteiger partial charge in [-0.2, -0.15) is 0 Å². The van der Waals surface area contributed by atoms with Gasteiger partial charge in [-0.15, -0.1) is 0 Å². The molecule has 162 valence electrons. The number of hydrogen-bond donors (Lipinski definition) is 1. The van der Waals surface area contributed by atoms with E-state index in [0.717, 1.165) is 30.9 Å². The van der Waals surface area contributed by atoms with Crippen molar-refractivity contribution in [3.8, 4) is 5.75 Å². The van der Waals surface area contributed by atoms with Gasteiger partial charge in [-0.25, -0.2) is 4.99 Å². The fraction of sp³-hybridized carbons (Fsp3) is 0.400. The van der Waals surface area contributed by atoms with E-state index >= 15 is 0 Å². The quantitative estimate of drug-likeness (QED) is 0.813. The van der Waals surface area contributed by atoms with Crippen LogP contribution in [0.2, 0.25) is 0 Å². The molecule has 0 bridgehead atoms. The highest BCUT2D eigenvalue weighted by atomic mass is 16.3. The van der Waals surface area contributed by atoms with Crippen molar-refractivity contribution in [3.63, 3.8) is 0 Å². The highest BCUT2D eigenvalue weighted by molar-refractivity contribution is 6.15. The molecule has 1 amide bonds. The number of phenolic OH excluding ortho intramolecular Hbond substituents is 1. The van der Waals surface area contributed by atoms with Gasteiger partial charge in [0, 0.05) is 38.2 Å². The molecule has 1 aromatic rings. The molecule has 2 aliphatic heterocycles. The number of aliphatic imine (C=N–C) groups is 2. The lowest BCUT2D eigenvalue weighted by atomic mass is 10.0. The number of piperazine rings is 1. The Kier molecular flexibility index (Phi) is 6.35. The minimum absolute atomic E-state index is 0.150. The Morgan fingerprint density at radius 1 is 1.13 bits per heavy atom. The van der Waals surface area contributed by atoms with Crippen molar-refractivity contribution < 1.29 is 9.90 Å². The van der Waals surface area contributed by atoms with Gasteiger partial charge in [0.15, 0.2) is 5.84 Å². The monoisotopic (exact) mass is 418 g/mol. The predicted molar refractivity (Wildman–Crippen MR) is 124 cm³/mol. The topological polar surface area (TPSA) is 68.5 Å². The lowest BCUT2D eigenvalue weighted by Crippen LogP contribution is -2.52. The van der Waals surface area contributed by atoms with Crippen molar-refractivity contribution in [1.82, 2.24) is 9.80 Å². The highest BCUT2D eigenvalue weighted by Gasteiger charge is 2.30. The summed E-state index contributed by atoms with van der Waals surface area (Å²) in [6, 6.07) is 7.02. The fourth-order valence-electron chi connectivity index (χ4n) is 4.02. The third-order valence-electron chi connectivity index (χ3n) is 5.85. The second-order valence-electron chi connectivity index (χ2n) is 8.54. The number of carbonyl (C=O) groups is 1. The Hall–Kier alpha value is -3.15. The molecule has 1 atom stereocenters. The van der Waals surface area contributed by atoms with E-state index < -0.39 is 0 Å². The Labute approximate surface area is 184 Å². The lowest BCUT2D eigenvalue weighted by Gasteiger charge is -2.38. The van der Waals surface area contributed by atoms with Crippen molar-refractivity contribution in [1.29, 1.82) is 0 Å². The number of para-hydroxylation sites is 1. The minimum atomic E-state index is -0.150. The van der Waals surface area contributed by atoms with Crippen LogP contribution in [0.15, 0.2) is 70.2 Å². The van der Waals surface area contributed by atoms with E-state index in [1.807, 2.05) is 35.3 Å². The van der Waals surface area contributed by atoms with Gasteiger partial charge in [-0.3, -0.25) is 9.79 Å². The molecule has 1 fully saturated rings. The molecule has 0 aromatic heterocycles. The Bertz CT molecular complexity index is 979. The summed E-state index contributed by atoms with van der Waals surface area (Å²) in [5.41, 5.74) is 1.68. The van der Waals surface area contributed by atoms with Crippen molar-refractivity contribution in [3.05, 3.63) is 65.8 Å². The molecule has 1 aromatic carbocycles. The van der Waals surface area contributed by atoms with Gasteiger partial charge in [0.05, 0.1) is 11.6 Å². The number of aromatic hydroxyl groups is 1. The third-order valence-corrected chi connectivity index (χ3v) is 5.85. The third kappa shape index (κ3) is 4.79. The smallest absolute Gasteiger partial charge is 0.222 e. The fourth-order valence-corrected chi connectivity index (χ4v) is 4.02. The summed E-state index contributed by atoms with van der Waals surface area (Å²) >= 11 is 0. The maximum atomic E-state index is 12.5. The minimum Gasteiger partial charge on any atom is -0.507 e. The number of carbonyl (C=O) groups excluding carboxylic acids is 1. The number of hydrogen-bond acceptors (Lipinski definition) is 5. The van der Waals surface area contributed by atoms with Crippen LogP contribution in [0, 0.1) is 5.92 Å². The average molecular weight is 419 g/mol. The van der Waals surface area contributed by atoms with Crippen LogP contribution in [0.25, 0.3) is 0 Å². The van der Waals surface area contributed by atoms with Crippen LogP contribution < -0.4 is 0 Å². The zero-order chi connectivity index (χ0) is 21.8. The Morgan fingerprint density at radius 2 is 1.90 bits per heavy atom. The van der Waals surface area contributed by atoms with Gasteiger partial charge in [-0.1, -0.05) is 56.4 Å². The van der Waals surface area contributed by atoms with Crippen molar-refractivity contribution in [2.75, 3.05) is 26.2 Å². The van der Waals surface area contributed by atoms with Gasteiger partial charge in [0.25, 0.3) is 0 Å². The van der Waals surface area contributed by atoms with Gasteiger partial charge in [0.2, 0.25) is 5.91 Å². The van der Waals surface area contributed by atoms with E-state index in [-0.39, 0.29) is 17.7 Å². The van der Waals surface area contributed by atoms with Crippen LogP contribution in [-0.4, -0.2) is 64.7 Å². The number of nitrogens with zero attached hydrogens (tertiary/aromatic N) is 4. The maximum absolute atomic E-state index is 12.5. The van der Waals surface area contributed by atoms with E-state index in [4.69, 9.17) is 9.98 Å². The highest BCUT2D eigenvalue weighted by Crippen LogP contribution is 2.27. The van der Waals surface area contributed by atoms with E-state index in [0.29, 0.717) is 36.8 Å². The van der Waals surface area contributed by atoms with Crippen LogP contribution in [0.3, 0.4) is 0 Å². The van der Waals surface area contributed by atoms with Gasteiger partial charge in [0.1, 0.15) is 11.6 Å². The molecule has 31 heavy (non-hydrogen) atoms. The normalized spacial score (nSPS) is 20.7. The van der Waals surface area contributed by atoms with Crippen LogP contribution in [-0.2, 0) is 4.79 Å². The second kappa shape index (κ2) is 9.33. The first-order chi connectivity index (χ1) is 15.0. The molecule has 0 saturated carbocycles. The van der Waals surface area contributed by atoms with E-state index in [9.17, 15) is 9.90 Å². The van der Waals surface area contributed by atoms with Crippen molar-refractivity contribution in [2.45, 2.75) is 32.7 Å². The summed E-state index contributed by atoms with van der Waals surface area (Å²) in [6.07, 6.45) is 11.7. The van der Waals surface area contributed by atoms with Gasteiger partial charge >= 0.3 is 0 Å². The van der Waals surface area contributed by atoms with Crippen LogP contribution in [0.1, 0.15) is 32.3 Å². The molecule has 3 aliphatic rings. The van der Waals surface area contributed by atoms with E-state index in [2.05, 4.69) is 30.9 Å². The molecule has 6 heteroatoms. The number of phenols is 1. The molecular weight excluding hydrogens is 388 g/mol. The second-order valence-corrected chi connectivity index (χ2v) is 8.54. The van der Waals surface area contributed by atoms with Gasteiger partial charge in [-0.05, 0) is 24.5 Å². The number of rotatable bonds is 4. The molecule has 1 saturated heterocycles. The first-order valence-electron chi connectivity index (χ1n) is 11.1. The summed E-state index contributed by atoms with van der Waals surface area (Å²) < 4.78 is 0. The molecule has 1 N–H and O–H groups in total. The number of fused-ring (bicyclic) bond motifs is 1. The summed E-state index contributed by atoms with van der Waals surface area (Å²) in [4.78, 5) is 26.4. The molecule has 2 heterocycles. The summed E-state index contributed by atoms with van der Waals surface area (Å²) in [7, 11) is 0. The Balaban J connectivity index is 1.56. The van der Waals surface area contributed by atoms with Gasteiger partial charge < -0.3 is 14.9 Å². The number of allylic oxidation sites excluding steroid dienone is 4. The molecule has 0 radical (unpaired) electrons. The Morgan fingerprint density at radius 3 is 2.65 bits per heavy atom.